The molecule has 9 heteroatoms. The highest BCUT2D eigenvalue weighted by atomic mass is 19.2. The molecule has 1 aromatic rings. The molecule has 0 bridgehead atoms. The van der Waals surface area contributed by atoms with E-state index in [1.54, 1.807) is 0 Å². The van der Waals surface area contributed by atoms with Crippen LogP contribution in [0.15, 0.2) is 12.1 Å². The molecule has 0 aromatic heterocycles. The number of hydrogen-bond donors (Lipinski definition) is 3. The van der Waals surface area contributed by atoms with Crippen molar-refractivity contribution in [2.45, 2.75) is 12.5 Å². The van der Waals surface area contributed by atoms with E-state index in [1.165, 1.54) is 0 Å². The van der Waals surface area contributed by atoms with Gasteiger partial charge in [-0.3, -0.25) is 9.59 Å². The number of carbonyl (C=O) groups excluding carboxylic acids is 2. The molecule has 2 amide bonds. The molecule has 1 unspecified atom stereocenters. The molecule has 6 nitrogen and oxygen atoms in total. The average molecular weight is 290 g/mol. The molecule has 20 heavy (non-hydrogen) atoms. The van der Waals surface area contributed by atoms with Crippen molar-refractivity contribution in [3.05, 3.63) is 35.1 Å². The number of hydrogen-bond acceptors (Lipinski definition) is 3. The standard InChI is InChI=1S/C11H9F3N2O4/c12-5-1-4(2-6(13)9(5)14)10(18)16-7(11(19)20)3-8(15)17/h1-2,7H,3H2,(H2,15,17)(H,16,18)(H,19,20). The summed E-state index contributed by atoms with van der Waals surface area (Å²) >= 11 is 0. The zero-order valence-electron chi connectivity index (χ0n) is 9.82. The van der Waals surface area contributed by atoms with Gasteiger partial charge in [0.2, 0.25) is 5.91 Å². The van der Waals surface area contributed by atoms with E-state index in [-0.39, 0.29) is 0 Å². The Labute approximate surface area is 110 Å². The van der Waals surface area contributed by atoms with Crippen molar-refractivity contribution in [2.24, 2.45) is 5.73 Å². The maximum atomic E-state index is 12.9. The number of nitrogens with one attached hydrogen (secondary N) is 1. The molecule has 1 atom stereocenters. The van der Waals surface area contributed by atoms with E-state index in [9.17, 15) is 27.6 Å². The number of carbonyl (C=O) groups is 3. The van der Waals surface area contributed by atoms with Crippen molar-refractivity contribution in [3.8, 4) is 0 Å². The van der Waals surface area contributed by atoms with E-state index < -0.39 is 53.3 Å². The summed E-state index contributed by atoms with van der Waals surface area (Å²) in [4.78, 5) is 33.0. The minimum atomic E-state index is -1.76. The van der Waals surface area contributed by atoms with Gasteiger partial charge in [0.1, 0.15) is 6.04 Å². The van der Waals surface area contributed by atoms with Crippen molar-refractivity contribution in [1.82, 2.24) is 5.32 Å². The minimum absolute atomic E-state index is 0.400. The van der Waals surface area contributed by atoms with Crippen LogP contribution in [0.2, 0.25) is 0 Å². The first kappa shape index (κ1) is 15.5. The monoisotopic (exact) mass is 290 g/mol. The molecule has 0 spiro atoms. The van der Waals surface area contributed by atoms with Gasteiger partial charge < -0.3 is 16.2 Å². The number of amides is 2. The number of halogens is 3. The van der Waals surface area contributed by atoms with Crippen LogP contribution in [0.5, 0.6) is 0 Å². The molecule has 0 heterocycles. The second kappa shape index (κ2) is 6.04. The van der Waals surface area contributed by atoms with Gasteiger partial charge in [0.15, 0.2) is 17.5 Å². The van der Waals surface area contributed by atoms with Crippen LogP contribution in [0.3, 0.4) is 0 Å². The lowest BCUT2D eigenvalue weighted by Crippen LogP contribution is -2.43. The summed E-state index contributed by atoms with van der Waals surface area (Å²) in [7, 11) is 0. The van der Waals surface area contributed by atoms with Crippen LogP contribution in [-0.4, -0.2) is 28.9 Å². The van der Waals surface area contributed by atoms with Gasteiger partial charge >= 0.3 is 5.97 Å². The first-order valence-electron chi connectivity index (χ1n) is 5.19. The van der Waals surface area contributed by atoms with Crippen LogP contribution in [0.25, 0.3) is 0 Å². The van der Waals surface area contributed by atoms with E-state index in [0.717, 1.165) is 0 Å². The van der Waals surface area contributed by atoms with E-state index in [0.29, 0.717) is 12.1 Å². The first-order chi connectivity index (χ1) is 9.22. The topological polar surface area (TPSA) is 109 Å². The van der Waals surface area contributed by atoms with Crippen LogP contribution in [-0.2, 0) is 9.59 Å². The highest BCUT2D eigenvalue weighted by Crippen LogP contribution is 2.13. The first-order valence-corrected chi connectivity index (χ1v) is 5.19. The number of nitrogens with two attached hydrogens (primary N) is 1. The van der Waals surface area contributed by atoms with E-state index in [4.69, 9.17) is 10.8 Å². The Bertz CT molecular complexity index is 554. The molecule has 108 valence electrons. The largest absolute Gasteiger partial charge is 0.480 e. The van der Waals surface area contributed by atoms with Gasteiger partial charge in [-0.2, -0.15) is 0 Å². The van der Waals surface area contributed by atoms with Crippen molar-refractivity contribution in [2.75, 3.05) is 0 Å². The summed E-state index contributed by atoms with van der Waals surface area (Å²) in [6, 6.07) is -0.857. The predicted octanol–water partition coefficient (Wildman–Crippen LogP) is 0.162. The molecule has 0 aliphatic carbocycles. The average Bonchev–Trinajstić information content (AvgIpc) is 2.33. The van der Waals surface area contributed by atoms with Crippen molar-refractivity contribution >= 4 is 17.8 Å². The van der Waals surface area contributed by atoms with E-state index in [2.05, 4.69) is 0 Å². The van der Waals surface area contributed by atoms with E-state index >= 15 is 0 Å². The molecular weight excluding hydrogens is 281 g/mol. The number of rotatable bonds is 5. The maximum absolute atomic E-state index is 12.9. The maximum Gasteiger partial charge on any atom is 0.326 e. The van der Waals surface area contributed by atoms with Crippen molar-refractivity contribution in [3.63, 3.8) is 0 Å². The van der Waals surface area contributed by atoms with Crippen LogP contribution < -0.4 is 11.1 Å². The van der Waals surface area contributed by atoms with Gasteiger partial charge in [-0.25, -0.2) is 18.0 Å². The fraction of sp³-hybridized carbons (Fsp3) is 0.182. The lowest BCUT2D eigenvalue weighted by atomic mass is 10.1. The van der Waals surface area contributed by atoms with Gasteiger partial charge in [0.05, 0.1) is 6.42 Å². The molecule has 0 fully saturated rings. The van der Waals surface area contributed by atoms with Gasteiger partial charge in [-0.15, -0.1) is 0 Å². The zero-order valence-corrected chi connectivity index (χ0v) is 9.82. The molecule has 0 saturated heterocycles. The number of benzene rings is 1. The summed E-state index contributed by atoms with van der Waals surface area (Å²) in [5.74, 6) is -8.69. The SMILES string of the molecule is NC(=O)CC(NC(=O)c1cc(F)c(F)c(F)c1)C(=O)O. The summed E-state index contributed by atoms with van der Waals surface area (Å²) in [5, 5.41) is 10.6. The Morgan fingerprint density at radius 2 is 1.70 bits per heavy atom. The number of carboxylic acids is 1. The number of carboxylic acid groups (broad SMARTS) is 1. The van der Waals surface area contributed by atoms with Crippen molar-refractivity contribution in [1.29, 1.82) is 0 Å². The minimum Gasteiger partial charge on any atom is -0.480 e. The number of primary amides is 1. The quantitative estimate of drug-likeness (QED) is 0.671. The fourth-order valence-electron chi connectivity index (χ4n) is 1.33. The third-order valence-electron chi connectivity index (χ3n) is 2.25. The van der Waals surface area contributed by atoms with Crippen LogP contribution >= 0.6 is 0 Å². The Morgan fingerprint density at radius 3 is 2.10 bits per heavy atom. The third kappa shape index (κ3) is 3.70. The van der Waals surface area contributed by atoms with Crippen molar-refractivity contribution < 1.29 is 32.7 Å². The van der Waals surface area contributed by atoms with Gasteiger partial charge in [-0.1, -0.05) is 0 Å². The molecular formula is C11H9F3N2O4. The zero-order chi connectivity index (χ0) is 15.4. The lowest BCUT2D eigenvalue weighted by Gasteiger charge is -2.13. The van der Waals surface area contributed by atoms with Crippen LogP contribution in [0.1, 0.15) is 16.8 Å². The molecule has 0 aliphatic heterocycles. The molecule has 1 rings (SSSR count). The van der Waals surface area contributed by atoms with Crippen LogP contribution in [0, 0.1) is 17.5 Å². The highest BCUT2D eigenvalue weighted by Gasteiger charge is 2.24. The van der Waals surface area contributed by atoms with Gasteiger partial charge in [-0.05, 0) is 12.1 Å². The summed E-state index contributed by atoms with van der Waals surface area (Å²) in [6.45, 7) is 0. The Kier molecular flexibility index (Phi) is 4.68. The number of aliphatic carboxylic acids is 1. The van der Waals surface area contributed by atoms with E-state index in [1.807, 2.05) is 5.32 Å². The van der Waals surface area contributed by atoms with Gasteiger partial charge in [0, 0.05) is 5.56 Å². The molecule has 1 aromatic carbocycles. The predicted molar refractivity (Wildman–Crippen MR) is 59.0 cm³/mol. The van der Waals surface area contributed by atoms with Gasteiger partial charge in [0.25, 0.3) is 5.91 Å². The second-order valence-corrected chi connectivity index (χ2v) is 3.79. The Hall–Kier alpha value is -2.58. The second-order valence-electron chi connectivity index (χ2n) is 3.79. The highest BCUT2D eigenvalue weighted by molar-refractivity contribution is 5.97. The molecule has 0 radical (unpaired) electrons. The molecule has 0 saturated carbocycles. The Morgan fingerprint density at radius 1 is 1.20 bits per heavy atom. The lowest BCUT2D eigenvalue weighted by molar-refractivity contribution is -0.140. The summed E-state index contributed by atoms with van der Waals surface area (Å²) in [6.07, 6.45) is -0.701. The fourth-order valence-corrected chi connectivity index (χ4v) is 1.33. The normalized spacial score (nSPS) is 11.8. The summed E-state index contributed by atoms with van der Waals surface area (Å²) in [5.41, 5.74) is 4.16. The Balaban J connectivity index is 2.95. The smallest absolute Gasteiger partial charge is 0.326 e. The molecule has 4 N–H and O–H groups in total. The van der Waals surface area contributed by atoms with Crippen LogP contribution in [0.4, 0.5) is 13.2 Å². The third-order valence-corrected chi connectivity index (χ3v) is 2.25. The summed E-state index contributed by atoms with van der Waals surface area (Å²) < 4.78 is 38.5. The molecule has 0 aliphatic rings.